The fourth-order valence-corrected chi connectivity index (χ4v) is 0. The first-order valence-corrected chi connectivity index (χ1v) is 1.20. The Labute approximate surface area is 130 Å². The van der Waals surface area contributed by atoms with Crippen LogP contribution in [-0.2, 0) is 58.5 Å². The fraction of sp³-hybridized carbons (Fsp3) is 0.800. The predicted molar refractivity (Wildman–Crippen MR) is 64.0 cm³/mol. The number of ether oxygens (including phenoxy) is 1. The molecule has 0 unspecified atom stereocenters. The van der Waals surface area contributed by atoms with Gasteiger partial charge in [-0.25, -0.2) is 0 Å². The summed E-state index contributed by atoms with van der Waals surface area (Å²) in [4.78, 5) is 0. The molecule has 0 fully saturated rings. The van der Waals surface area contributed by atoms with Crippen LogP contribution in [0, 0.1) is 14.4 Å². The van der Waals surface area contributed by atoms with E-state index in [-0.39, 0.29) is 106 Å². The van der Waals surface area contributed by atoms with Crippen LogP contribution in [0.25, 0.3) is 0 Å². The van der Waals surface area contributed by atoms with Crippen molar-refractivity contribution in [3.8, 4) is 0 Å². The van der Waals surface area contributed by atoms with E-state index in [1.165, 1.54) is 0 Å². The molecule has 0 atom stereocenters. The predicted octanol–water partition coefficient (Wildman–Crippen LogP) is 4.73. The van der Waals surface area contributed by atoms with Gasteiger partial charge >= 0.3 is 0 Å². The number of rotatable bonds is 1. The normalized spacial score (nSPS) is 2.31. The first-order valence-electron chi connectivity index (χ1n) is 1.20. The van der Waals surface area contributed by atoms with Gasteiger partial charge < -0.3 is 19.1 Å². The molecule has 0 saturated heterocycles. The van der Waals surface area contributed by atoms with Crippen molar-refractivity contribution in [1.82, 2.24) is 0 Å². The molecule has 0 aliphatic heterocycles. The van der Waals surface area contributed by atoms with Crippen molar-refractivity contribution >= 4 is 0 Å². The van der Waals surface area contributed by atoms with Crippen LogP contribution < -0.4 is 0 Å². The molecule has 0 aliphatic carbocycles. The van der Waals surface area contributed by atoms with Crippen LogP contribution in [0.1, 0.15) is 44.6 Å². The summed E-state index contributed by atoms with van der Waals surface area (Å²) in [6, 6.07) is 0. The van der Waals surface area contributed by atoms with Gasteiger partial charge in [0, 0.05) is 60.9 Å². The minimum absolute atomic E-state index is 0. The zero-order valence-electron chi connectivity index (χ0n) is 4.81. The molecule has 91 valence electrons. The maximum absolute atomic E-state index is 4.43. The van der Waals surface area contributed by atoms with E-state index in [4.69, 9.17) is 0 Å². The molecule has 0 saturated carbocycles. The second-order valence-electron chi connectivity index (χ2n) is 0.493. The van der Waals surface area contributed by atoms with Gasteiger partial charge in [-0.15, -0.1) is 0 Å². The molecule has 3 heteroatoms. The molecule has 0 heterocycles. The first-order chi connectivity index (χ1) is 1.91. The number of methoxy groups -OCH3 is 1. The SMILES string of the molecule is C.C.C.C.C.C.[CH2-]COC.[CH3-].[W].[Y]. The van der Waals surface area contributed by atoms with Gasteiger partial charge in [0.05, 0.1) is 0 Å². The third kappa shape index (κ3) is 251. The quantitative estimate of drug-likeness (QED) is 0.533. The Morgan fingerprint density at radius 2 is 1.00 bits per heavy atom. The zero-order valence-corrected chi connectivity index (χ0v) is 10.6. The first kappa shape index (κ1) is 124. The maximum Gasteiger partial charge on any atom is 0.0319 e. The van der Waals surface area contributed by atoms with Crippen LogP contribution in [0.4, 0.5) is 0 Å². The van der Waals surface area contributed by atoms with Gasteiger partial charge in [0.2, 0.25) is 0 Å². The topological polar surface area (TPSA) is 9.23 Å². The van der Waals surface area contributed by atoms with Crippen LogP contribution in [0.15, 0.2) is 0 Å². The monoisotopic (exact) mass is 443 g/mol. The molecule has 0 aliphatic rings. The third-order valence-electron chi connectivity index (χ3n) is 0.204. The van der Waals surface area contributed by atoms with Crippen molar-refractivity contribution in [3.05, 3.63) is 14.4 Å². The van der Waals surface area contributed by atoms with Gasteiger partial charge in [-0.1, -0.05) is 51.2 Å². The van der Waals surface area contributed by atoms with E-state index in [1.807, 2.05) is 0 Å². The molecule has 0 rings (SSSR count). The summed E-state index contributed by atoms with van der Waals surface area (Å²) in [5.74, 6) is 0. The largest absolute Gasteiger partial charge is 0.417 e. The van der Waals surface area contributed by atoms with E-state index in [0.717, 1.165) is 0 Å². The van der Waals surface area contributed by atoms with E-state index in [2.05, 4.69) is 11.7 Å². The molecular weight excluding hydrogens is 409 g/mol. The summed E-state index contributed by atoms with van der Waals surface area (Å²) in [5, 5.41) is 0. The second-order valence-corrected chi connectivity index (χ2v) is 0.493. The summed E-state index contributed by atoms with van der Waals surface area (Å²) in [6.07, 6.45) is 0. The van der Waals surface area contributed by atoms with Crippen molar-refractivity contribution in [1.29, 1.82) is 0 Å². The smallest absolute Gasteiger partial charge is 0.0319 e. The van der Waals surface area contributed by atoms with Crippen LogP contribution >= 0.6 is 0 Å². The Hall–Kier alpha value is 1.75. The van der Waals surface area contributed by atoms with Crippen LogP contribution in [0.3, 0.4) is 0 Å². The van der Waals surface area contributed by atoms with Crippen molar-refractivity contribution in [2.24, 2.45) is 0 Å². The van der Waals surface area contributed by atoms with Gasteiger partial charge in [0.15, 0.2) is 0 Å². The van der Waals surface area contributed by atoms with Crippen LogP contribution in [0.5, 0.6) is 0 Å². The summed E-state index contributed by atoms with van der Waals surface area (Å²) in [6.45, 7) is 3.95. The van der Waals surface area contributed by atoms with Gasteiger partial charge in [-0.3, -0.25) is 0 Å². The van der Waals surface area contributed by atoms with E-state index < -0.39 is 0 Å². The summed E-state index contributed by atoms with van der Waals surface area (Å²) >= 11 is 0. The molecule has 0 amide bonds. The second kappa shape index (κ2) is 159. The van der Waals surface area contributed by atoms with Crippen molar-refractivity contribution in [2.45, 2.75) is 44.6 Å². The van der Waals surface area contributed by atoms with Gasteiger partial charge in [-0.05, 0) is 0 Å². The zero-order chi connectivity index (χ0) is 3.41. The van der Waals surface area contributed by atoms with Gasteiger partial charge in [0.1, 0.15) is 0 Å². The standard InChI is InChI=1S/C3H7O.6CH4.CH3.W.Y/c1-3-4-2;;;;;;;;;/h1,3H2,2H3;6*1H4;1H3;;/q-1;;;;;;;-1;;. The van der Waals surface area contributed by atoms with Gasteiger partial charge in [-0.2, -0.15) is 0 Å². The molecule has 0 aromatic carbocycles. The van der Waals surface area contributed by atoms with Crippen LogP contribution in [0.2, 0.25) is 0 Å². The van der Waals surface area contributed by atoms with Crippen molar-refractivity contribution < 1.29 is 58.5 Å². The Morgan fingerprint density at radius 1 is 0.923 bits per heavy atom. The fourth-order valence-electron chi connectivity index (χ4n) is 0. The Balaban J connectivity index is -0.00000000125. The minimum Gasteiger partial charge on any atom is -0.417 e. The van der Waals surface area contributed by atoms with E-state index in [0.29, 0.717) is 6.61 Å². The Bertz CT molecular complexity index is 16.9. The van der Waals surface area contributed by atoms with Crippen molar-refractivity contribution in [2.75, 3.05) is 13.7 Å². The molecule has 0 aromatic rings. The van der Waals surface area contributed by atoms with Crippen molar-refractivity contribution in [3.63, 3.8) is 0 Å². The average molecular weight is 443 g/mol. The Morgan fingerprint density at radius 3 is 1.00 bits per heavy atom. The van der Waals surface area contributed by atoms with E-state index in [1.54, 1.807) is 7.11 Å². The molecule has 0 N–H and O–H groups in total. The average Bonchev–Trinajstić information content (AvgIpc) is 1.37. The molecule has 0 aromatic heterocycles. The van der Waals surface area contributed by atoms with Gasteiger partial charge in [0.25, 0.3) is 0 Å². The van der Waals surface area contributed by atoms with Crippen LogP contribution in [-0.4, -0.2) is 13.7 Å². The maximum atomic E-state index is 4.43. The van der Waals surface area contributed by atoms with E-state index >= 15 is 0 Å². The van der Waals surface area contributed by atoms with E-state index in [9.17, 15) is 0 Å². The molecule has 0 bridgehead atoms. The third-order valence-corrected chi connectivity index (χ3v) is 0.204. The molecule has 13 heavy (non-hydrogen) atoms. The summed E-state index contributed by atoms with van der Waals surface area (Å²) in [5.41, 5.74) is 0. The Kier molecular flexibility index (Phi) is 1510. The molecule has 1 nitrogen and oxygen atoms in total. The number of hydrogen-bond donors (Lipinski definition) is 0. The summed E-state index contributed by atoms with van der Waals surface area (Å²) < 4.78 is 4.43. The summed E-state index contributed by atoms with van der Waals surface area (Å²) in [7, 11) is 1.62. The molecular formula is C10H34OWY-2. The minimum atomic E-state index is 0. The molecule has 1 radical (unpaired) electrons. The number of hydrogen-bond acceptors (Lipinski definition) is 1. The molecule has 0 spiro atoms.